The number of likely N-dealkylation sites (tertiary alicyclic amines) is 2. The average molecular weight is 798 g/mol. The van der Waals surface area contributed by atoms with E-state index in [1.807, 2.05) is 60.7 Å². The number of H-pyrrole nitrogens is 2. The van der Waals surface area contributed by atoms with Crippen LogP contribution < -0.4 is 10.6 Å². The number of amides is 4. The summed E-state index contributed by atoms with van der Waals surface area (Å²) in [5.41, 5.74) is 4.36. The molecule has 5 heterocycles. The van der Waals surface area contributed by atoms with Crippen LogP contribution in [0.1, 0.15) is 72.6 Å². The van der Waals surface area contributed by atoms with Gasteiger partial charge in [-0.2, -0.15) is 0 Å². The molecule has 2 fully saturated rings. The molecule has 3 aromatic heterocycles. The maximum atomic E-state index is 13.9. The second-order valence-corrected chi connectivity index (χ2v) is 14.3. The average Bonchev–Trinajstić information content (AvgIpc) is 4.13. The van der Waals surface area contributed by atoms with Crippen LogP contribution in [-0.4, -0.2) is 86.0 Å². The van der Waals surface area contributed by atoms with Gasteiger partial charge in [-0.25, -0.2) is 24.5 Å². The largest absolute Gasteiger partial charge is 0.453 e. The summed E-state index contributed by atoms with van der Waals surface area (Å²) < 4.78 is 15.8. The number of oxazole rings is 1. The lowest BCUT2D eigenvalue weighted by molar-refractivity contribution is -0.135. The van der Waals surface area contributed by atoms with Crippen molar-refractivity contribution in [1.29, 1.82) is 0 Å². The van der Waals surface area contributed by atoms with Crippen LogP contribution in [0.2, 0.25) is 0 Å². The van der Waals surface area contributed by atoms with E-state index in [2.05, 4.69) is 35.6 Å². The van der Waals surface area contributed by atoms with Gasteiger partial charge in [0.25, 0.3) is 11.8 Å². The molecule has 4 atom stereocenters. The lowest BCUT2D eigenvalue weighted by Gasteiger charge is -2.28. The Morgan fingerprint density at radius 1 is 0.644 bits per heavy atom. The van der Waals surface area contributed by atoms with E-state index < -0.39 is 24.3 Å². The molecule has 0 bridgehead atoms. The van der Waals surface area contributed by atoms with E-state index in [9.17, 15) is 19.2 Å². The second-order valence-electron chi connectivity index (χ2n) is 14.3. The molecule has 2 aliphatic rings. The Morgan fingerprint density at radius 2 is 1.12 bits per heavy atom. The Hall–Kier alpha value is -7.23. The number of carbonyl (C=O) groups excluding carboxylic acids is 4. The van der Waals surface area contributed by atoms with Crippen LogP contribution in [0.4, 0.5) is 9.59 Å². The summed E-state index contributed by atoms with van der Waals surface area (Å²) in [5.74, 6) is 1.68. The SMILES string of the molecule is COC(=O)N[C@H](C(=O)N1CCC[C@@H]1c1ncc(-c2cnc(-c3ccc(-c4cnc([C@@H]5CCCN5C(=O)[C@H](NC(=O)OC)c5ccccc5)[nH]4)cc3)o2)[nH]1)c1ccccc1. The van der Waals surface area contributed by atoms with E-state index in [0.29, 0.717) is 59.6 Å². The number of ether oxygens (including phenoxy) is 2. The number of benzene rings is 3. The summed E-state index contributed by atoms with van der Waals surface area (Å²) in [4.78, 5) is 76.3. The summed E-state index contributed by atoms with van der Waals surface area (Å²) >= 11 is 0. The zero-order valence-electron chi connectivity index (χ0n) is 32.5. The quantitative estimate of drug-likeness (QED) is 0.110. The minimum absolute atomic E-state index is 0.235. The van der Waals surface area contributed by atoms with Crippen molar-refractivity contribution in [2.75, 3.05) is 27.3 Å². The van der Waals surface area contributed by atoms with E-state index in [1.54, 1.807) is 52.7 Å². The molecular formula is C43H43N9O7. The zero-order chi connectivity index (χ0) is 40.9. The summed E-state index contributed by atoms with van der Waals surface area (Å²) in [6, 6.07) is 23.4. The van der Waals surface area contributed by atoms with Crippen LogP contribution >= 0.6 is 0 Å². The fourth-order valence-corrected chi connectivity index (χ4v) is 7.79. The molecular weight excluding hydrogens is 755 g/mol. The smallest absolute Gasteiger partial charge is 0.407 e. The number of rotatable bonds is 11. The van der Waals surface area contributed by atoms with E-state index in [0.717, 1.165) is 36.1 Å². The predicted octanol–water partition coefficient (Wildman–Crippen LogP) is 6.64. The molecule has 302 valence electrons. The van der Waals surface area contributed by atoms with Crippen molar-refractivity contribution in [3.8, 4) is 34.2 Å². The Labute approximate surface area is 339 Å². The number of aromatic amines is 2. The molecule has 59 heavy (non-hydrogen) atoms. The second kappa shape index (κ2) is 17.1. The molecule has 2 saturated heterocycles. The number of methoxy groups -OCH3 is 2. The molecule has 3 aromatic carbocycles. The highest BCUT2D eigenvalue weighted by Crippen LogP contribution is 2.36. The van der Waals surface area contributed by atoms with Gasteiger partial charge in [0, 0.05) is 18.7 Å². The molecule has 2 aliphatic heterocycles. The number of hydrogen-bond donors (Lipinski definition) is 4. The Bertz CT molecular complexity index is 2410. The Kier molecular flexibility index (Phi) is 11.2. The lowest BCUT2D eigenvalue weighted by atomic mass is 10.1. The fourth-order valence-electron chi connectivity index (χ4n) is 7.79. The molecule has 0 unspecified atom stereocenters. The van der Waals surface area contributed by atoms with Gasteiger partial charge in [0.05, 0.1) is 50.6 Å². The van der Waals surface area contributed by atoms with Crippen LogP contribution in [0.5, 0.6) is 0 Å². The van der Waals surface area contributed by atoms with Crippen molar-refractivity contribution in [3.05, 3.63) is 126 Å². The molecule has 6 aromatic rings. The molecule has 0 spiro atoms. The van der Waals surface area contributed by atoms with E-state index >= 15 is 0 Å². The van der Waals surface area contributed by atoms with Gasteiger partial charge < -0.3 is 44.3 Å². The number of imidazole rings is 2. The van der Waals surface area contributed by atoms with Gasteiger partial charge in [0.15, 0.2) is 5.76 Å². The first-order chi connectivity index (χ1) is 28.8. The Morgan fingerprint density at radius 3 is 1.63 bits per heavy atom. The minimum Gasteiger partial charge on any atom is -0.453 e. The van der Waals surface area contributed by atoms with Crippen molar-refractivity contribution in [3.63, 3.8) is 0 Å². The molecule has 0 saturated carbocycles. The van der Waals surface area contributed by atoms with Crippen molar-refractivity contribution in [2.24, 2.45) is 0 Å². The highest BCUT2D eigenvalue weighted by Gasteiger charge is 2.38. The molecule has 0 radical (unpaired) electrons. The monoisotopic (exact) mass is 797 g/mol. The first-order valence-electron chi connectivity index (χ1n) is 19.4. The molecule has 4 amide bonds. The topological polar surface area (TPSA) is 201 Å². The first kappa shape index (κ1) is 38.6. The highest BCUT2D eigenvalue weighted by molar-refractivity contribution is 5.88. The van der Waals surface area contributed by atoms with E-state index in [1.165, 1.54) is 14.2 Å². The fraction of sp³-hybridized carbons (Fsp3) is 0.279. The van der Waals surface area contributed by atoms with Gasteiger partial charge in [-0.05, 0) is 54.5 Å². The third kappa shape index (κ3) is 8.14. The number of nitrogens with zero attached hydrogens (tertiary/aromatic N) is 5. The number of alkyl carbamates (subject to hydrolysis) is 2. The van der Waals surface area contributed by atoms with Gasteiger partial charge in [0.2, 0.25) is 5.89 Å². The van der Waals surface area contributed by atoms with Gasteiger partial charge in [0.1, 0.15) is 29.4 Å². The zero-order valence-corrected chi connectivity index (χ0v) is 32.5. The van der Waals surface area contributed by atoms with Gasteiger partial charge in [-0.1, -0.05) is 72.8 Å². The van der Waals surface area contributed by atoms with Crippen LogP contribution in [0.15, 0.2) is 108 Å². The van der Waals surface area contributed by atoms with Crippen LogP contribution in [0, 0.1) is 0 Å². The maximum absolute atomic E-state index is 13.9. The van der Waals surface area contributed by atoms with Crippen molar-refractivity contribution in [1.82, 2.24) is 45.4 Å². The Balaban J connectivity index is 0.940. The molecule has 16 nitrogen and oxygen atoms in total. The number of hydrogen-bond acceptors (Lipinski definition) is 10. The van der Waals surface area contributed by atoms with Crippen molar-refractivity contribution >= 4 is 24.0 Å². The molecule has 4 N–H and O–H groups in total. The number of nitrogens with one attached hydrogen (secondary N) is 4. The molecule has 16 heteroatoms. The minimum atomic E-state index is -0.915. The third-order valence-corrected chi connectivity index (χ3v) is 10.8. The molecule has 0 aliphatic carbocycles. The predicted molar refractivity (Wildman–Crippen MR) is 214 cm³/mol. The summed E-state index contributed by atoms with van der Waals surface area (Å²) in [7, 11) is 2.53. The summed E-state index contributed by atoms with van der Waals surface area (Å²) in [6.45, 7) is 1.04. The highest BCUT2D eigenvalue weighted by atomic mass is 16.5. The summed E-state index contributed by atoms with van der Waals surface area (Å²) in [5, 5.41) is 5.38. The standard InChI is InChI=1S/C43H43N9O7/c1-57-42(55)49-35(27-11-5-3-6-12-27)40(53)51-21-9-15-32(51)37-44-23-30(47-37)26-17-19-29(20-18-26)39-46-25-34(59-39)31-24-45-38(48-31)33-16-10-22-52(33)41(54)36(50-43(56)58-2)28-13-7-4-8-14-28/h3-8,11-14,17-20,23-25,32-33,35-36H,9-10,15-16,21-22H2,1-2H3,(H,44,47)(H,45,48)(H,49,55)(H,50,56)/t32-,33+,35+,36-/m0/s1. The number of aromatic nitrogens is 5. The van der Waals surface area contributed by atoms with Crippen LogP contribution in [0.3, 0.4) is 0 Å². The van der Waals surface area contributed by atoms with Gasteiger partial charge in [-0.15, -0.1) is 0 Å². The van der Waals surface area contributed by atoms with Gasteiger partial charge >= 0.3 is 12.2 Å². The van der Waals surface area contributed by atoms with Gasteiger partial charge in [-0.3, -0.25) is 9.59 Å². The van der Waals surface area contributed by atoms with Crippen molar-refractivity contribution in [2.45, 2.75) is 49.9 Å². The van der Waals surface area contributed by atoms with E-state index in [-0.39, 0.29) is 23.9 Å². The first-order valence-corrected chi connectivity index (χ1v) is 19.4. The maximum Gasteiger partial charge on any atom is 0.407 e. The van der Waals surface area contributed by atoms with Crippen LogP contribution in [0.25, 0.3) is 34.2 Å². The van der Waals surface area contributed by atoms with E-state index in [4.69, 9.17) is 13.9 Å². The van der Waals surface area contributed by atoms with Crippen molar-refractivity contribution < 1.29 is 33.1 Å². The molecule has 8 rings (SSSR count). The summed E-state index contributed by atoms with van der Waals surface area (Å²) in [6.07, 6.45) is 6.66. The normalized spacial score (nSPS) is 17.3. The van der Waals surface area contributed by atoms with Crippen LogP contribution in [-0.2, 0) is 19.1 Å². The third-order valence-electron chi connectivity index (χ3n) is 10.8. The lowest BCUT2D eigenvalue weighted by Crippen LogP contribution is -2.42. The number of carbonyl (C=O) groups is 4.